The molecule has 0 unspecified atom stereocenters. The van der Waals surface area contributed by atoms with Gasteiger partial charge in [0, 0.05) is 18.2 Å². The molecule has 2 aromatic rings. The van der Waals surface area contributed by atoms with Gasteiger partial charge in [-0.15, -0.1) is 0 Å². The normalized spacial score (nSPS) is 10.0. The molecule has 0 aliphatic heterocycles. The summed E-state index contributed by atoms with van der Waals surface area (Å²) in [5, 5.41) is 13.1. The maximum atomic E-state index is 13.3. The van der Waals surface area contributed by atoms with E-state index in [0.717, 1.165) is 0 Å². The maximum absolute atomic E-state index is 13.3. The van der Waals surface area contributed by atoms with E-state index in [1.165, 1.54) is 30.4 Å². The van der Waals surface area contributed by atoms with Gasteiger partial charge in [0.25, 0.3) is 5.69 Å². The predicted molar refractivity (Wildman–Crippen MR) is 88.4 cm³/mol. The third-order valence-corrected chi connectivity index (χ3v) is 2.98. The largest absolute Gasteiger partial charge is 0.342 e. The number of nitro benzene ring substituents is 1. The highest BCUT2D eigenvalue weighted by Gasteiger charge is 2.02. The first kappa shape index (κ1) is 16.9. The molecule has 0 bridgehead atoms. The lowest BCUT2D eigenvalue weighted by atomic mass is 10.2. The minimum absolute atomic E-state index is 0.0139. The van der Waals surface area contributed by atoms with E-state index in [-0.39, 0.29) is 23.7 Å². The molecule has 0 radical (unpaired) electrons. The van der Waals surface area contributed by atoms with Gasteiger partial charge in [0.05, 0.1) is 17.0 Å². The van der Waals surface area contributed by atoms with Crippen molar-refractivity contribution in [2.75, 3.05) is 6.54 Å². The SMILES string of the molecule is O=C(/C=C/c1ccc([N+](=O)[O-])cc1)NCC#Cc1ccccc1F. The van der Waals surface area contributed by atoms with Crippen molar-refractivity contribution in [3.63, 3.8) is 0 Å². The quantitative estimate of drug-likeness (QED) is 0.407. The molecule has 0 saturated heterocycles. The molecular formula is C18H13FN2O3. The molecule has 0 atom stereocenters. The van der Waals surface area contributed by atoms with Crippen molar-refractivity contribution < 1.29 is 14.1 Å². The first-order valence-electron chi connectivity index (χ1n) is 7.00. The Morgan fingerprint density at radius 1 is 1.21 bits per heavy atom. The van der Waals surface area contributed by atoms with Gasteiger partial charge in [-0.1, -0.05) is 24.0 Å². The number of nitrogens with zero attached hydrogens (tertiary/aromatic N) is 1. The molecule has 2 rings (SSSR count). The summed E-state index contributed by atoms with van der Waals surface area (Å²) in [4.78, 5) is 21.7. The van der Waals surface area contributed by atoms with Crippen LogP contribution in [0.1, 0.15) is 11.1 Å². The lowest BCUT2D eigenvalue weighted by Gasteiger charge is -1.96. The van der Waals surface area contributed by atoms with Crippen molar-refractivity contribution in [3.8, 4) is 11.8 Å². The molecule has 5 nitrogen and oxygen atoms in total. The van der Waals surface area contributed by atoms with Gasteiger partial charge in [-0.3, -0.25) is 14.9 Å². The molecule has 1 amide bonds. The van der Waals surface area contributed by atoms with Crippen LogP contribution in [0.3, 0.4) is 0 Å². The van der Waals surface area contributed by atoms with Crippen LogP contribution in [0.4, 0.5) is 10.1 Å². The molecule has 0 aliphatic rings. The fraction of sp³-hybridized carbons (Fsp3) is 0.0556. The second kappa shape index (κ2) is 8.25. The standard InChI is InChI=1S/C18H13FN2O3/c19-17-6-2-1-4-15(17)5-3-13-20-18(22)12-9-14-7-10-16(11-8-14)21(23)24/h1-2,4,6-12H,13H2,(H,20,22)/b12-9+. The Bertz CT molecular complexity index is 833. The topological polar surface area (TPSA) is 72.2 Å². The van der Waals surface area contributed by atoms with E-state index in [2.05, 4.69) is 17.2 Å². The zero-order valence-corrected chi connectivity index (χ0v) is 12.5. The first-order valence-corrected chi connectivity index (χ1v) is 7.00. The number of hydrogen-bond acceptors (Lipinski definition) is 3. The van der Waals surface area contributed by atoms with Gasteiger partial charge in [0.1, 0.15) is 5.82 Å². The molecule has 0 aromatic heterocycles. The van der Waals surface area contributed by atoms with Crippen LogP contribution >= 0.6 is 0 Å². The van der Waals surface area contributed by atoms with E-state index in [1.54, 1.807) is 30.3 Å². The molecule has 0 aliphatic carbocycles. The maximum Gasteiger partial charge on any atom is 0.269 e. The van der Waals surface area contributed by atoms with E-state index < -0.39 is 10.7 Å². The van der Waals surface area contributed by atoms with E-state index in [4.69, 9.17) is 0 Å². The molecule has 0 fully saturated rings. The number of hydrogen-bond donors (Lipinski definition) is 1. The number of nitrogens with one attached hydrogen (secondary N) is 1. The second-order valence-electron chi connectivity index (χ2n) is 4.68. The number of halogens is 1. The highest BCUT2D eigenvalue weighted by atomic mass is 19.1. The summed E-state index contributed by atoms with van der Waals surface area (Å²) in [5.41, 5.74) is 0.918. The first-order chi connectivity index (χ1) is 11.6. The van der Waals surface area contributed by atoms with Crippen molar-refractivity contribution in [1.82, 2.24) is 5.32 Å². The zero-order valence-electron chi connectivity index (χ0n) is 12.5. The second-order valence-corrected chi connectivity index (χ2v) is 4.68. The number of nitro groups is 1. The summed E-state index contributed by atoms with van der Waals surface area (Å²) < 4.78 is 13.3. The van der Waals surface area contributed by atoms with Crippen LogP contribution in [0.15, 0.2) is 54.6 Å². The van der Waals surface area contributed by atoms with E-state index in [1.807, 2.05) is 0 Å². The molecule has 0 heterocycles. The number of benzene rings is 2. The van der Waals surface area contributed by atoms with Gasteiger partial charge in [0.15, 0.2) is 0 Å². The Kier molecular flexibility index (Phi) is 5.81. The predicted octanol–water partition coefficient (Wildman–Crippen LogP) is 2.92. The Morgan fingerprint density at radius 3 is 2.58 bits per heavy atom. The van der Waals surface area contributed by atoms with Crippen LogP contribution in [0.2, 0.25) is 0 Å². The molecule has 120 valence electrons. The van der Waals surface area contributed by atoms with Gasteiger partial charge in [-0.25, -0.2) is 4.39 Å². The summed E-state index contributed by atoms with van der Waals surface area (Å²) >= 11 is 0. The highest BCUT2D eigenvalue weighted by Crippen LogP contribution is 2.12. The third-order valence-electron chi connectivity index (χ3n) is 2.98. The summed E-state index contributed by atoms with van der Waals surface area (Å²) in [5.74, 6) is 4.52. The number of amides is 1. The summed E-state index contributed by atoms with van der Waals surface area (Å²) in [6.45, 7) is 0.0811. The Hall–Kier alpha value is -3.46. The van der Waals surface area contributed by atoms with Crippen molar-refractivity contribution in [2.24, 2.45) is 0 Å². The average Bonchev–Trinajstić information content (AvgIpc) is 2.58. The lowest BCUT2D eigenvalue weighted by molar-refractivity contribution is -0.384. The molecule has 2 aromatic carbocycles. The molecular weight excluding hydrogens is 311 g/mol. The summed E-state index contributed by atoms with van der Waals surface area (Å²) in [6.07, 6.45) is 2.83. The van der Waals surface area contributed by atoms with Crippen LogP contribution in [-0.4, -0.2) is 17.4 Å². The fourth-order valence-corrected chi connectivity index (χ4v) is 1.77. The molecule has 0 spiro atoms. The van der Waals surface area contributed by atoms with Gasteiger partial charge in [0.2, 0.25) is 5.91 Å². The minimum Gasteiger partial charge on any atom is -0.342 e. The Labute approximate surface area is 138 Å². The molecule has 6 heteroatoms. The molecule has 1 N–H and O–H groups in total. The summed E-state index contributed by atoms with van der Waals surface area (Å²) in [7, 11) is 0. The zero-order chi connectivity index (χ0) is 17.4. The van der Waals surface area contributed by atoms with E-state index >= 15 is 0 Å². The highest BCUT2D eigenvalue weighted by molar-refractivity contribution is 5.91. The van der Waals surface area contributed by atoms with E-state index in [0.29, 0.717) is 5.56 Å². The third kappa shape index (κ3) is 5.07. The van der Waals surface area contributed by atoms with Crippen molar-refractivity contribution in [3.05, 3.63) is 81.7 Å². The van der Waals surface area contributed by atoms with Crippen molar-refractivity contribution in [2.45, 2.75) is 0 Å². The average molecular weight is 324 g/mol. The Balaban J connectivity index is 1.85. The van der Waals surface area contributed by atoms with Gasteiger partial charge in [-0.2, -0.15) is 0 Å². The number of carbonyl (C=O) groups excluding carboxylic acids is 1. The van der Waals surface area contributed by atoms with Gasteiger partial charge in [-0.05, 0) is 35.9 Å². The number of non-ortho nitro benzene ring substituents is 1. The van der Waals surface area contributed by atoms with Crippen LogP contribution in [0.5, 0.6) is 0 Å². The Morgan fingerprint density at radius 2 is 1.92 bits per heavy atom. The van der Waals surface area contributed by atoms with Crippen LogP contribution < -0.4 is 5.32 Å². The van der Waals surface area contributed by atoms with Crippen LogP contribution in [0.25, 0.3) is 6.08 Å². The monoisotopic (exact) mass is 324 g/mol. The molecule has 0 saturated carbocycles. The summed E-state index contributed by atoms with van der Waals surface area (Å²) in [6, 6.07) is 11.9. The number of rotatable bonds is 4. The van der Waals surface area contributed by atoms with E-state index in [9.17, 15) is 19.3 Å². The van der Waals surface area contributed by atoms with Crippen molar-refractivity contribution in [1.29, 1.82) is 0 Å². The van der Waals surface area contributed by atoms with Crippen LogP contribution in [0, 0.1) is 27.8 Å². The van der Waals surface area contributed by atoms with Crippen LogP contribution in [-0.2, 0) is 4.79 Å². The molecule has 24 heavy (non-hydrogen) atoms. The number of carbonyl (C=O) groups is 1. The van der Waals surface area contributed by atoms with Crippen molar-refractivity contribution >= 4 is 17.7 Å². The lowest BCUT2D eigenvalue weighted by Crippen LogP contribution is -2.20. The van der Waals surface area contributed by atoms with Gasteiger partial charge < -0.3 is 5.32 Å². The fourth-order valence-electron chi connectivity index (χ4n) is 1.77. The van der Waals surface area contributed by atoms with Gasteiger partial charge >= 0.3 is 0 Å². The smallest absolute Gasteiger partial charge is 0.269 e. The minimum atomic E-state index is -0.492.